The fraction of sp³-hybridized carbons (Fsp3) is 0.357. The summed E-state index contributed by atoms with van der Waals surface area (Å²) in [6, 6.07) is 8.22. The molecule has 2 rings (SSSR count). The zero-order valence-electron chi connectivity index (χ0n) is 11.1. The van der Waals surface area contributed by atoms with Crippen molar-refractivity contribution in [2.45, 2.75) is 13.5 Å². The minimum Gasteiger partial charge on any atom is -0.395 e. The summed E-state index contributed by atoms with van der Waals surface area (Å²) in [4.78, 5) is 9.17. The first-order valence-electron chi connectivity index (χ1n) is 6.50. The Kier molecular flexibility index (Phi) is 4.80. The number of aliphatic hydroxyl groups is 1. The van der Waals surface area contributed by atoms with Crippen molar-refractivity contribution in [1.82, 2.24) is 9.97 Å². The van der Waals surface area contributed by atoms with Crippen LogP contribution in [0.2, 0.25) is 0 Å². The summed E-state index contributed by atoms with van der Waals surface area (Å²) < 4.78 is 0. The maximum absolute atomic E-state index is 9.01. The molecule has 0 atom stereocenters. The maximum Gasteiger partial charge on any atom is 0.0922 e. The molecule has 0 amide bonds. The lowest BCUT2D eigenvalue weighted by Crippen LogP contribution is -2.25. The average molecular weight is 260 g/mol. The van der Waals surface area contributed by atoms with Crippen LogP contribution in [0.4, 0.5) is 11.4 Å². The summed E-state index contributed by atoms with van der Waals surface area (Å²) in [5.74, 6) is 0. The second-order valence-electron chi connectivity index (χ2n) is 4.28. The number of nitrogens with one attached hydrogen (secondary N) is 2. The van der Waals surface area contributed by atoms with Gasteiger partial charge in [0.25, 0.3) is 0 Å². The van der Waals surface area contributed by atoms with Crippen molar-refractivity contribution >= 4 is 11.4 Å². The molecule has 1 aromatic carbocycles. The van der Waals surface area contributed by atoms with Crippen LogP contribution in [-0.4, -0.2) is 34.8 Å². The van der Waals surface area contributed by atoms with Crippen LogP contribution in [0.5, 0.6) is 0 Å². The summed E-state index contributed by atoms with van der Waals surface area (Å²) in [6.07, 6.45) is 3.48. The predicted octanol–water partition coefficient (Wildman–Crippen LogP) is 1.84. The van der Waals surface area contributed by atoms with Crippen molar-refractivity contribution in [3.05, 3.63) is 42.5 Å². The van der Waals surface area contributed by atoms with Gasteiger partial charge in [0, 0.05) is 30.7 Å². The second-order valence-corrected chi connectivity index (χ2v) is 4.28. The summed E-state index contributed by atoms with van der Waals surface area (Å²) in [5, 5.41) is 12.3. The molecule has 0 saturated heterocycles. The Morgan fingerprint density at radius 2 is 2.11 bits per heavy atom. The normalized spacial score (nSPS) is 10.4. The van der Waals surface area contributed by atoms with Gasteiger partial charge in [0.1, 0.15) is 0 Å². The molecule has 1 heterocycles. The number of hydrogen-bond acceptors (Lipinski definition) is 4. The van der Waals surface area contributed by atoms with Crippen molar-refractivity contribution in [3.8, 4) is 0 Å². The van der Waals surface area contributed by atoms with E-state index >= 15 is 0 Å². The number of aromatic nitrogens is 2. The number of aromatic amines is 1. The molecule has 0 radical (unpaired) electrons. The molecule has 5 heteroatoms. The van der Waals surface area contributed by atoms with Gasteiger partial charge in [-0.25, -0.2) is 4.98 Å². The molecule has 0 aliphatic carbocycles. The van der Waals surface area contributed by atoms with E-state index in [1.807, 2.05) is 12.1 Å². The quantitative estimate of drug-likeness (QED) is 0.711. The maximum atomic E-state index is 9.01. The lowest BCUT2D eigenvalue weighted by molar-refractivity contribution is 0.302. The number of likely N-dealkylation sites (N-methyl/N-ethyl adjacent to an activating group) is 1. The van der Waals surface area contributed by atoms with Crippen molar-refractivity contribution in [1.29, 1.82) is 0 Å². The van der Waals surface area contributed by atoms with Crippen molar-refractivity contribution in [3.63, 3.8) is 0 Å². The molecule has 5 nitrogen and oxygen atoms in total. The molecule has 0 fully saturated rings. The molecule has 3 N–H and O–H groups in total. The van der Waals surface area contributed by atoms with Gasteiger partial charge in [-0.05, 0) is 31.2 Å². The molecule has 1 aromatic heterocycles. The minimum atomic E-state index is 0.174. The standard InChI is InChI=1S/C14H20N4O/c1-2-18(7-8-19)14-5-3-12(4-6-14)16-10-13-9-15-11-17-13/h3-6,9,11,16,19H,2,7-8,10H2,1H3,(H,15,17). The van der Waals surface area contributed by atoms with E-state index in [9.17, 15) is 0 Å². The van der Waals surface area contributed by atoms with E-state index in [1.54, 1.807) is 12.5 Å². The minimum absolute atomic E-state index is 0.174. The lowest BCUT2D eigenvalue weighted by Gasteiger charge is -2.22. The highest BCUT2D eigenvalue weighted by molar-refractivity contribution is 5.55. The van der Waals surface area contributed by atoms with Gasteiger partial charge in [-0.15, -0.1) is 0 Å². The molecule has 0 unspecified atom stereocenters. The van der Waals surface area contributed by atoms with Crippen LogP contribution < -0.4 is 10.2 Å². The number of benzene rings is 1. The topological polar surface area (TPSA) is 64.2 Å². The Hall–Kier alpha value is -2.01. The molecule has 0 bridgehead atoms. The van der Waals surface area contributed by atoms with Crippen LogP contribution in [0.15, 0.2) is 36.8 Å². The molecule has 2 aromatic rings. The van der Waals surface area contributed by atoms with Gasteiger partial charge in [-0.2, -0.15) is 0 Å². The first-order valence-corrected chi connectivity index (χ1v) is 6.50. The van der Waals surface area contributed by atoms with Gasteiger partial charge >= 0.3 is 0 Å². The molecular weight excluding hydrogens is 240 g/mol. The van der Waals surface area contributed by atoms with Gasteiger partial charge < -0.3 is 20.3 Å². The Bertz CT molecular complexity index is 467. The summed E-state index contributed by atoms with van der Waals surface area (Å²) in [6.45, 7) is 4.54. The van der Waals surface area contributed by atoms with Gasteiger partial charge in [0.05, 0.1) is 25.2 Å². The number of H-pyrrole nitrogens is 1. The molecule has 19 heavy (non-hydrogen) atoms. The largest absolute Gasteiger partial charge is 0.395 e. The molecule has 0 aliphatic heterocycles. The zero-order valence-corrected chi connectivity index (χ0v) is 11.1. The van der Waals surface area contributed by atoms with Crippen LogP contribution in [0.1, 0.15) is 12.6 Å². The molecule has 102 valence electrons. The smallest absolute Gasteiger partial charge is 0.0922 e. The number of imidazole rings is 1. The van der Waals surface area contributed by atoms with E-state index in [1.165, 1.54) is 0 Å². The Balaban J connectivity index is 1.93. The molecule has 0 aliphatic rings. The van der Waals surface area contributed by atoms with E-state index in [-0.39, 0.29) is 6.61 Å². The monoisotopic (exact) mass is 260 g/mol. The van der Waals surface area contributed by atoms with Crippen molar-refractivity contribution < 1.29 is 5.11 Å². The Labute approximate surface area is 113 Å². The predicted molar refractivity (Wildman–Crippen MR) is 77.3 cm³/mol. The fourth-order valence-corrected chi connectivity index (χ4v) is 1.96. The SMILES string of the molecule is CCN(CCO)c1ccc(NCc2cnc[nH]2)cc1. The van der Waals surface area contributed by atoms with Crippen LogP contribution in [-0.2, 0) is 6.54 Å². The third kappa shape index (κ3) is 3.72. The zero-order chi connectivity index (χ0) is 13.5. The van der Waals surface area contributed by atoms with Gasteiger partial charge in [0.2, 0.25) is 0 Å². The average Bonchev–Trinajstić information content (AvgIpc) is 2.96. The number of aliphatic hydroxyl groups excluding tert-OH is 1. The van der Waals surface area contributed by atoms with E-state index in [0.717, 1.165) is 30.2 Å². The summed E-state index contributed by atoms with van der Waals surface area (Å²) in [5.41, 5.74) is 3.25. The number of nitrogens with zero attached hydrogens (tertiary/aromatic N) is 2. The van der Waals surface area contributed by atoms with E-state index in [2.05, 4.69) is 39.2 Å². The number of hydrogen-bond donors (Lipinski definition) is 3. The van der Waals surface area contributed by atoms with Crippen LogP contribution in [0.3, 0.4) is 0 Å². The van der Waals surface area contributed by atoms with Gasteiger partial charge in [0.15, 0.2) is 0 Å². The molecule has 0 saturated carbocycles. The number of anilines is 2. The highest BCUT2D eigenvalue weighted by atomic mass is 16.3. The summed E-state index contributed by atoms with van der Waals surface area (Å²) >= 11 is 0. The number of rotatable bonds is 7. The van der Waals surface area contributed by atoms with Gasteiger partial charge in [-0.3, -0.25) is 0 Å². The highest BCUT2D eigenvalue weighted by Gasteiger charge is 2.03. The lowest BCUT2D eigenvalue weighted by atomic mass is 10.2. The first kappa shape index (κ1) is 13.4. The van der Waals surface area contributed by atoms with Crippen LogP contribution >= 0.6 is 0 Å². The Morgan fingerprint density at radius 3 is 2.68 bits per heavy atom. The van der Waals surface area contributed by atoms with Crippen molar-refractivity contribution in [2.24, 2.45) is 0 Å². The first-order chi connectivity index (χ1) is 9.33. The van der Waals surface area contributed by atoms with Gasteiger partial charge in [-0.1, -0.05) is 0 Å². The Morgan fingerprint density at radius 1 is 1.32 bits per heavy atom. The van der Waals surface area contributed by atoms with E-state index in [0.29, 0.717) is 6.54 Å². The van der Waals surface area contributed by atoms with Crippen LogP contribution in [0.25, 0.3) is 0 Å². The molecule has 0 spiro atoms. The van der Waals surface area contributed by atoms with Crippen molar-refractivity contribution in [2.75, 3.05) is 29.9 Å². The van der Waals surface area contributed by atoms with Crippen LogP contribution in [0, 0.1) is 0 Å². The third-order valence-corrected chi connectivity index (χ3v) is 3.02. The van der Waals surface area contributed by atoms with E-state index in [4.69, 9.17) is 5.11 Å². The fourth-order valence-electron chi connectivity index (χ4n) is 1.96. The highest BCUT2D eigenvalue weighted by Crippen LogP contribution is 2.18. The molecular formula is C14H20N4O. The van der Waals surface area contributed by atoms with E-state index < -0.39 is 0 Å². The summed E-state index contributed by atoms with van der Waals surface area (Å²) in [7, 11) is 0. The third-order valence-electron chi connectivity index (χ3n) is 3.02. The second kappa shape index (κ2) is 6.80.